The Morgan fingerprint density at radius 1 is 1.44 bits per heavy atom. The first-order valence-electron chi connectivity index (χ1n) is 5.70. The van der Waals surface area contributed by atoms with E-state index >= 15 is 0 Å². The molecule has 6 nitrogen and oxygen atoms in total. The maximum atomic E-state index is 11.5. The zero-order valence-corrected chi connectivity index (χ0v) is 10.3. The van der Waals surface area contributed by atoms with E-state index in [4.69, 9.17) is 0 Å². The highest BCUT2D eigenvalue weighted by molar-refractivity contribution is 5.93. The van der Waals surface area contributed by atoms with Crippen LogP contribution >= 0.6 is 0 Å². The number of carbonyl (C=O) groups excluding carboxylic acids is 1. The number of carbonyl (C=O) groups is 1. The first-order chi connectivity index (χ1) is 8.72. The van der Waals surface area contributed by atoms with E-state index in [1.54, 1.807) is 31.6 Å². The molecule has 0 radical (unpaired) electrons. The van der Waals surface area contributed by atoms with Crippen molar-refractivity contribution >= 4 is 17.3 Å². The van der Waals surface area contributed by atoms with Crippen molar-refractivity contribution in [1.82, 2.24) is 20.1 Å². The number of aryl methyl sites for hydroxylation is 1. The first kappa shape index (κ1) is 12.1. The number of nitrogens with zero attached hydrogens (tertiary/aromatic N) is 3. The molecule has 0 spiro atoms. The molecule has 0 fully saturated rings. The van der Waals surface area contributed by atoms with Gasteiger partial charge < -0.3 is 10.6 Å². The van der Waals surface area contributed by atoms with Crippen molar-refractivity contribution < 1.29 is 4.79 Å². The van der Waals surface area contributed by atoms with Crippen molar-refractivity contribution in [3.05, 3.63) is 36.4 Å². The van der Waals surface area contributed by atoms with Crippen LogP contribution in [0.1, 0.15) is 17.4 Å². The van der Waals surface area contributed by atoms with E-state index in [0.29, 0.717) is 5.69 Å². The van der Waals surface area contributed by atoms with E-state index in [2.05, 4.69) is 20.7 Å². The Balaban J connectivity index is 2.16. The third-order valence-electron chi connectivity index (χ3n) is 2.47. The summed E-state index contributed by atoms with van der Waals surface area (Å²) in [6.45, 7) is 2.84. The number of aromatic nitrogens is 3. The highest BCUT2D eigenvalue weighted by atomic mass is 16.1. The fourth-order valence-electron chi connectivity index (χ4n) is 1.53. The summed E-state index contributed by atoms with van der Waals surface area (Å²) in [5.74, 6) is -0.206. The van der Waals surface area contributed by atoms with Crippen molar-refractivity contribution in [2.45, 2.75) is 13.5 Å². The van der Waals surface area contributed by atoms with E-state index in [0.717, 1.165) is 17.9 Å². The molecular weight excluding hydrogens is 230 g/mol. The standard InChI is InChI=1S/C12H15N5O/c1-3-17-8-10(7-15-17)16-9-4-5-14-11(6-9)12(18)13-2/h4-8H,3H2,1-2H3,(H,13,18)(H,14,16). The molecule has 0 saturated carbocycles. The number of nitrogens with one attached hydrogen (secondary N) is 2. The molecule has 18 heavy (non-hydrogen) atoms. The Morgan fingerprint density at radius 3 is 2.94 bits per heavy atom. The lowest BCUT2D eigenvalue weighted by atomic mass is 10.3. The molecule has 0 aromatic carbocycles. The Morgan fingerprint density at radius 2 is 2.28 bits per heavy atom. The van der Waals surface area contributed by atoms with Gasteiger partial charge in [-0.2, -0.15) is 5.10 Å². The molecule has 1 amide bonds. The van der Waals surface area contributed by atoms with Gasteiger partial charge in [0.05, 0.1) is 11.9 Å². The molecule has 2 N–H and O–H groups in total. The normalized spacial score (nSPS) is 10.1. The average molecular weight is 245 g/mol. The van der Waals surface area contributed by atoms with Gasteiger partial charge in [0.1, 0.15) is 5.69 Å². The highest BCUT2D eigenvalue weighted by Crippen LogP contribution is 2.15. The minimum atomic E-state index is -0.206. The van der Waals surface area contributed by atoms with E-state index in [9.17, 15) is 4.79 Å². The Labute approximate surface area is 105 Å². The van der Waals surface area contributed by atoms with E-state index in [1.807, 2.05) is 17.8 Å². The molecule has 0 aliphatic carbocycles. The number of pyridine rings is 1. The van der Waals surface area contributed by atoms with Gasteiger partial charge in [0.15, 0.2) is 0 Å². The van der Waals surface area contributed by atoms with Gasteiger partial charge in [-0.25, -0.2) is 0 Å². The zero-order chi connectivity index (χ0) is 13.0. The Hall–Kier alpha value is -2.37. The van der Waals surface area contributed by atoms with Crippen LogP contribution in [-0.4, -0.2) is 27.7 Å². The van der Waals surface area contributed by atoms with Crippen LogP contribution in [0.3, 0.4) is 0 Å². The molecule has 2 heterocycles. The second-order valence-corrected chi connectivity index (χ2v) is 3.72. The predicted molar refractivity (Wildman–Crippen MR) is 68.8 cm³/mol. The molecule has 2 aromatic heterocycles. The smallest absolute Gasteiger partial charge is 0.269 e. The largest absolute Gasteiger partial charge is 0.354 e. The van der Waals surface area contributed by atoms with Crippen molar-refractivity contribution in [3.63, 3.8) is 0 Å². The van der Waals surface area contributed by atoms with Gasteiger partial charge in [-0.3, -0.25) is 14.5 Å². The van der Waals surface area contributed by atoms with Gasteiger partial charge in [0.25, 0.3) is 5.91 Å². The fourth-order valence-corrected chi connectivity index (χ4v) is 1.53. The maximum absolute atomic E-state index is 11.5. The SMILES string of the molecule is CCn1cc(Nc2ccnc(C(=O)NC)c2)cn1. The topological polar surface area (TPSA) is 71.8 Å². The van der Waals surface area contributed by atoms with Crippen LogP contribution in [0.4, 0.5) is 11.4 Å². The number of hydrogen-bond donors (Lipinski definition) is 2. The van der Waals surface area contributed by atoms with Gasteiger partial charge in [-0.05, 0) is 19.1 Å². The number of anilines is 2. The summed E-state index contributed by atoms with van der Waals surface area (Å²) in [6.07, 6.45) is 5.24. The third kappa shape index (κ3) is 2.65. The lowest BCUT2D eigenvalue weighted by Gasteiger charge is -2.05. The summed E-state index contributed by atoms with van der Waals surface area (Å²) in [5, 5.41) is 9.88. The molecule has 6 heteroatoms. The van der Waals surface area contributed by atoms with Crippen LogP contribution in [0.5, 0.6) is 0 Å². The minimum Gasteiger partial charge on any atom is -0.354 e. The summed E-state index contributed by atoms with van der Waals surface area (Å²) in [4.78, 5) is 15.5. The van der Waals surface area contributed by atoms with E-state index < -0.39 is 0 Å². The van der Waals surface area contributed by atoms with Crippen molar-refractivity contribution in [2.75, 3.05) is 12.4 Å². The summed E-state index contributed by atoms with van der Waals surface area (Å²) in [6, 6.07) is 3.50. The lowest BCUT2D eigenvalue weighted by Crippen LogP contribution is -2.19. The summed E-state index contributed by atoms with van der Waals surface area (Å²) < 4.78 is 1.82. The predicted octanol–water partition coefficient (Wildman–Crippen LogP) is 1.40. The number of amides is 1. The van der Waals surface area contributed by atoms with Gasteiger partial charge in [-0.1, -0.05) is 0 Å². The lowest BCUT2D eigenvalue weighted by molar-refractivity contribution is 0.0958. The van der Waals surface area contributed by atoms with Gasteiger partial charge in [0, 0.05) is 31.7 Å². The Bertz CT molecular complexity index is 549. The van der Waals surface area contributed by atoms with Crippen molar-refractivity contribution in [1.29, 1.82) is 0 Å². The quantitative estimate of drug-likeness (QED) is 0.854. The molecule has 0 aliphatic rings. The second-order valence-electron chi connectivity index (χ2n) is 3.72. The maximum Gasteiger partial charge on any atom is 0.269 e. The summed E-state index contributed by atoms with van der Waals surface area (Å²) >= 11 is 0. The molecule has 94 valence electrons. The first-order valence-corrected chi connectivity index (χ1v) is 5.70. The Kier molecular flexibility index (Phi) is 3.57. The fraction of sp³-hybridized carbons (Fsp3) is 0.250. The van der Waals surface area contributed by atoms with E-state index in [1.165, 1.54) is 0 Å². The molecule has 0 aliphatic heterocycles. The van der Waals surface area contributed by atoms with Crippen LogP contribution in [0.25, 0.3) is 0 Å². The van der Waals surface area contributed by atoms with Crippen LogP contribution in [0, 0.1) is 0 Å². The average Bonchev–Trinajstić information content (AvgIpc) is 2.86. The zero-order valence-electron chi connectivity index (χ0n) is 10.3. The van der Waals surface area contributed by atoms with Gasteiger partial charge in [0.2, 0.25) is 0 Å². The molecule has 2 rings (SSSR count). The van der Waals surface area contributed by atoms with Gasteiger partial charge in [-0.15, -0.1) is 0 Å². The van der Waals surface area contributed by atoms with Crippen LogP contribution < -0.4 is 10.6 Å². The minimum absolute atomic E-state index is 0.206. The van der Waals surface area contributed by atoms with E-state index in [-0.39, 0.29) is 5.91 Å². The summed E-state index contributed by atoms with van der Waals surface area (Å²) in [5.41, 5.74) is 2.07. The summed E-state index contributed by atoms with van der Waals surface area (Å²) in [7, 11) is 1.58. The molecule has 2 aromatic rings. The number of hydrogen-bond acceptors (Lipinski definition) is 4. The molecule has 0 atom stereocenters. The van der Waals surface area contributed by atoms with Crippen LogP contribution in [-0.2, 0) is 6.54 Å². The molecule has 0 bridgehead atoms. The molecule has 0 unspecified atom stereocenters. The molecule has 0 saturated heterocycles. The van der Waals surface area contributed by atoms with Crippen LogP contribution in [0.15, 0.2) is 30.7 Å². The number of rotatable bonds is 4. The highest BCUT2D eigenvalue weighted by Gasteiger charge is 2.05. The van der Waals surface area contributed by atoms with Gasteiger partial charge >= 0.3 is 0 Å². The van der Waals surface area contributed by atoms with Crippen LogP contribution in [0.2, 0.25) is 0 Å². The van der Waals surface area contributed by atoms with Crippen molar-refractivity contribution in [3.8, 4) is 0 Å². The second kappa shape index (κ2) is 5.31. The molecular formula is C12H15N5O. The van der Waals surface area contributed by atoms with Crippen molar-refractivity contribution in [2.24, 2.45) is 0 Å². The third-order valence-corrected chi connectivity index (χ3v) is 2.47. The monoisotopic (exact) mass is 245 g/mol.